The molecule has 0 amide bonds. The number of aromatic nitrogens is 3. The number of hydrogen-bond donors (Lipinski definition) is 0. The molecule has 0 fully saturated rings. The molecule has 5 nitrogen and oxygen atoms in total. The van der Waals surface area contributed by atoms with Gasteiger partial charge >= 0.3 is 23.2 Å². The SMILES string of the molecule is Cc1coc2[n+]1CC1C[n+]3c(C)coc3-c3cccc-2[n+]31. The molecule has 0 spiro atoms. The number of aryl methyl sites for hydroxylation is 2. The van der Waals surface area contributed by atoms with Gasteiger partial charge in [0.25, 0.3) is 6.04 Å². The van der Waals surface area contributed by atoms with Crippen molar-refractivity contribution in [3.05, 3.63) is 42.1 Å². The Morgan fingerprint density at radius 2 is 1.43 bits per heavy atom. The van der Waals surface area contributed by atoms with E-state index in [0.29, 0.717) is 6.04 Å². The van der Waals surface area contributed by atoms with E-state index in [1.165, 1.54) is 11.4 Å². The highest BCUT2D eigenvalue weighted by molar-refractivity contribution is 5.47. The zero-order valence-corrected chi connectivity index (χ0v) is 12.0. The Morgan fingerprint density at radius 3 is 1.95 bits per heavy atom. The van der Waals surface area contributed by atoms with Crippen LogP contribution in [0.25, 0.3) is 23.2 Å². The zero-order valence-electron chi connectivity index (χ0n) is 12.0. The molecule has 0 bridgehead atoms. The van der Waals surface area contributed by atoms with Crippen LogP contribution in [0.3, 0.4) is 0 Å². The van der Waals surface area contributed by atoms with Crippen LogP contribution >= 0.6 is 0 Å². The van der Waals surface area contributed by atoms with Crippen LogP contribution in [0.4, 0.5) is 0 Å². The van der Waals surface area contributed by atoms with Crippen LogP contribution in [0.2, 0.25) is 0 Å². The van der Waals surface area contributed by atoms with Crippen LogP contribution in [0, 0.1) is 13.8 Å². The van der Waals surface area contributed by atoms with E-state index < -0.39 is 0 Å². The Bertz CT molecular complexity index is 823. The van der Waals surface area contributed by atoms with E-state index in [2.05, 4.69) is 45.7 Å². The molecule has 0 N–H and O–H groups in total. The molecular formula is C16H16N3O2+3. The van der Waals surface area contributed by atoms with Gasteiger partial charge < -0.3 is 8.83 Å². The Balaban J connectivity index is 1.86. The second-order valence-corrected chi connectivity index (χ2v) is 5.91. The molecule has 0 saturated heterocycles. The summed E-state index contributed by atoms with van der Waals surface area (Å²) in [5.41, 5.74) is 4.58. The van der Waals surface area contributed by atoms with E-state index in [0.717, 1.165) is 36.3 Å². The van der Waals surface area contributed by atoms with E-state index in [1.807, 2.05) is 12.5 Å². The van der Waals surface area contributed by atoms with Gasteiger partial charge in [-0.05, 0) is 6.07 Å². The first kappa shape index (κ1) is 11.3. The molecule has 0 atom stereocenters. The minimum absolute atomic E-state index is 0.388. The molecule has 0 aliphatic carbocycles. The number of nitrogens with zero attached hydrogens (tertiary/aromatic N) is 3. The van der Waals surface area contributed by atoms with Crippen LogP contribution < -0.4 is 13.7 Å². The Hall–Kier alpha value is -2.43. The lowest BCUT2D eigenvalue weighted by Gasteiger charge is -2.17. The first-order valence-corrected chi connectivity index (χ1v) is 7.25. The van der Waals surface area contributed by atoms with Crippen LogP contribution in [-0.2, 0) is 13.1 Å². The minimum Gasteiger partial charge on any atom is -0.401 e. The predicted molar refractivity (Wildman–Crippen MR) is 70.9 cm³/mol. The summed E-state index contributed by atoms with van der Waals surface area (Å²) >= 11 is 0. The van der Waals surface area contributed by atoms with Gasteiger partial charge in [-0.2, -0.15) is 4.57 Å². The van der Waals surface area contributed by atoms with E-state index >= 15 is 0 Å². The highest BCUT2D eigenvalue weighted by Gasteiger charge is 2.51. The summed E-state index contributed by atoms with van der Waals surface area (Å²) in [6.07, 6.45) is 3.67. The fourth-order valence-corrected chi connectivity index (χ4v) is 3.61. The Labute approximate surface area is 121 Å². The maximum Gasteiger partial charge on any atom is 0.447 e. The van der Waals surface area contributed by atoms with E-state index in [9.17, 15) is 0 Å². The molecule has 0 saturated carbocycles. The van der Waals surface area contributed by atoms with Crippen LogP contribution in [0.15, 0.2) is 39.6 Å². The number of rotatable bonds is 0. The molecule has 5 heterocycles. The van der Waals surface area contributed by atoms with Crippen molar-refractivity contribution in [2.45, 2.75) is 33.0 Å². The van der Waals surface area contributed by atoms with Gasteiger partial charge in [-0.1, -0.05) is 0 Å². The second kappa shape index (κ2) is 3.61. The van der Waals surface area contributed by atoms with Crippen LogP contribution in [-0.4, -0.2) is 0 Å². The zero-order chi connectivity index (χ0) is 14.1. The molecule has 104 valence electrons. The fourth-order valence-electron chi connectivity index (χ4n) is 3.61. The highest BCUT2D eigenvalue weighted by atomic mass is 16.3. The largest absolute Gasteiger partial charge is 0.447 e. The van der Waals surface area contributed by atoms with Gasteiger partial charge in [0.1, 0.15) is 0 Å². The lowest BCUT2D eigenvalue weighted by atomic mass is 10.1. The summed E-state index contributed by atoms with van der Waals surface area (Å²) in [6, 6.07) is 6.70. The smallest absolute Gasteiger partial charge is 0.401 e. The lowest BCUT2D eigenvalue weighted by molar-refractivity contribution is -0.866. The fraction of sp³-hybridized carbons (Fsp3) is 0.312. The number of oxazole rings is 2. The van der Waals surface area contributed by atoms with Gasteiger partial charge in [-0.25, -0.2) is 0 Å². The first-order valence-electron chi connectivity index (χ1n) is 7.25. The van der Waals surface area contributed by atoms with Crippen molar-refractivity contribution in [1.82, 2.24) is 0 Å². The van der Waals surface area contributed by atoms with Gasteiger partial charge in [-0.3, -0.25) is 0 Å². The third-order valence-electron chi connectivity index (χ3n) is 4.64. The summed E-state index contributed by atoms with van der Waals surface area (Å²) in [7, 11) is 0. The van der Waals surface area contributed by atoms with Crippen LogP contribution in [0.5, 0.6) is 0 Å². The molecular weight excluding hydrogens is 266 g/mol. The van der Waals surface area contributed by atoms with Crippen molar-refractivity contribution in [3.8, 4) is 23.2 Å². The Kier molecular flexibility index (Phi) is 1.93. The second-order valence-electron chi connectivity index (χ2n) is 5.91. The standard InChI is InChI=1S/C16H16N3O2/c1-10-8-20-15-13-4-3-5-14-16-18(11(2)9-21-16)7-12(19(13)14)6-17(10)15/h3-5,8-9,12H,6-7H2,1-2H3/q+3. The lowest BCUT2D eigenvalue weighted by Crippen LogP contribution is -2.65. The van der Waals surface area contributed by atoms with Crippen molar-refractivity contribution < 1.29 is 22.5 Å². The molecule has 5 rings (SSSR count). The van der Waals surface area contributed by atoms with Gasteiger partial charge in [0.15, 0.2) is 12.5 Å². The average molecular weight is 282 g/mol. The van der Waals surface area contributed by atoms with Crippen molar-refractivity contribution >= 4 is 0 Å². The monoisotopic (exact) mass is 282 g/mol. The van der Waals surface area contributed by atoms with Gasteiger partial charge in [0.2, 0.25) is 24.5 Å². The van der Waals surface area contributed by atoms with Gasteiger partial charge in [-0.15, -0.1) is 9.13 Å². The van der Waals surface area contributed by atoms with E-state index in [1.54, 1.807) is 0 Å². The third kappa shape index (κ3) is 1.29. The maximum atomic E-state index is 5.78. The Morgan fingerprint density at radius 1 is 0.905 bits per heavy atom. The predicted octanol–water partition coefficient (Wildman–Crippen LogP) is 1.25. The molecule has 2 aliphatic rings. The summed E-state index contributed by atoms with van der Waals surface area (Å²) in [5, 5.41) is 0. The topological polar surface area (TPSA) is 37.9 Å². The molecule has 0 aromatic carbocycles. The maximum absolute atomic E-state index is 5.78. The molecule has 5 heteroatoms. The molecule has 2 aliphatic heterocycles. The van der Waals surface area contributed by atoms with Gasteiger partial charge in [0, 0.05) is 26.0 Å². The highest BCUT2D eigenvalue weighted by Crippen LogP contribution is 2.28. The summed E-state index contributed by atoms with van der Waals surface area (Å²) < 4.78 is 18.5. The summed E-state index contributed by atoms with van der Waals surface area (Å²) in [5.74, 6) is 1.87. The van der Waals surface area contributed by atoms with Gasteiger partial charge in [0.05, 0.1) is 0 Å². The summed E-state index contributed by atoms with van der Waals surface area (Å²) in [4.78, 5) is 0. The van der Waals surface area contributed by atoms with E-state index in [4.69, 9.17) is 8.83 Å². The minimum atomic E-state index is 0.388. The van der Waals surface area contributed by atoms with Crippen molar-refractivity contribution in [3.63, 3.8) is 0 Å². The third-order valence-corrected chi connectivity index (χ3v) is 4.64. The molecule has 3 aromatic heterocycles. The molecule has 21 heavy (non-hydrogen) atoms. The molecule has 0 unspecified atom stereocenters. The summed E-state index contributed by atoms with van der Waals surface area (Å²) in [6.45, 7) is 6.06. The van der Waals surface area contributed by atoms with Crippen molar-refractivity contribution in [2.24, 2.45) is 0 Å². The van der Waals surface area contributed by atoms with E-state index in [-0.39, 0.29) is 0 Å². The number of fused-ring (bicyclic) bond motifs is 4. The average Bonchev–Trinajstić information content (AvgIpc) is 3.05. The molecule has 0 radical (unpaired) electrons. The van der Waals surface area contributed by atoms with Crippen LogP contribution in [0.1, 0.15) is 17.4 Å². The first-order chi connectivity index (χ1) is 10.2. The van der Waals surface area contributed by atoms with Crippen molar-refractivity contribution in [1.29, 1.82) is 0 Å². The molecule has 3 aromatic rings. The number of pyridine rings is 1. The van der Waals surface area contributed by atoms with Crippen molar-refractivity contribution in [2.75, 3.05) is 0 Å². The quantitative estimate of drug-likeness (QED) is 0.582. The normalized spacial score (nSPS) is 15.5. The number of hydrogen-bond acceptors (Lipinski definition) is 2.